The number of hydrogen-bond acceptors (Lipinski definition) is 6. The smallest absolute Gasteiger partial charge is 0.261 e. The van der Waals surface area contributed by atoms with E-state index in [4.69, 9.17) is 9.47 Å². The average molecular weight is 375 g/mol. The summed E-state index contributed by atoms with van der Waals surface area (Å²) in [5.41, 5.74) is 0.334. The van der Waals surface area contributed by atoms with Gasteiger partial charge in [-0.3, -0.25) is 9.59 Å². The van der Waals surface area contributed by atoms with Crippen molar-refractivity contribution < 1.29 is 19.1 Å². The molecule has 3 rings (SSSR count). The van der Waals surface area contributed by atoms with Gasteiger partial charge in [-0.05, 0) is 30.9 Å². The molecule has 1 aromatic carbocycles. The zero-order valence-corrected chi connectivity index (χ0v) is 15.5. The van der Waals surface area contributed by atoms with Gasteiger partial charge in [0.1, 0.15) is 23.6 Å². The van der Waals surface area contributed by atoms with Crippen molar-refractivity contribution in [2.45, 2.75) is 12.8 Å². The number of aromatic nitrogens is 1. The number of amides is 2. The molecule has 0 radical (unpaired) electrons. The molecule has 1 heterocycles. The standard InChI is InChI=1S/C18H21N3O4S/c1-24-13-4-3-5-14(25-2)16(13)17(23)21(10-12-6-7-12)11-15(22)20-18-19-8-9-26-18/h3-5,8-9,12H,6-7,10-11H2,1-2H3,(H,19,20,22). The van der Waals surface area contributed by atoms with Crippen molar-refractivity contribution in [1.82, 2.24) is 9.88 Å². The lowest BCUT2D eigenvalue weighted by molar-refractivity contribution is -0.116. The summed E-state index contributed by atoms with van der Waals surface area (Å²) in [5, 5.41) is 5.02. The van der Waals surface area contributed by atoms with Crippen LogP contribution in [-0.2, 0) is 4.79 Å². The van der Waals surface area contributed by atoms with E-state index in [1.54, 1.807) is 34.7 Å². The normalized spacial score (nSPS) is 13.2. The second-order valence-corrected chi connectivity index (χ2v) is 6.95. The van der Waals surface area contributed by atoms with Crippen molar-refractivity contribution in [3.8, 4) is 11.5 Å². The molecule has 1 aromatic heterocycles. The molecule has 138 valence electrons. The van der Waals surface area contributed by atoms with Crippen molar-refractivity contribution in [2.75, 3.05) is 32.6 Å². The third-order valence-corrected chi connectivity index (χ3v) is 4.81. The van der Waals surface area contributed by atoms with E-state index < -0.39 is 0 Å². The van der Waals surface area contributed by atoms with Crippen LogP contribution in [0.25, 0.3) is 0 Å². The van der Waals surface area contributed by atoms with Gasteiger partial charge >= 0.3 is 0 Å². The van der Waals surface area contributed by atoms with Crippen LogP contribution in [0.1, 0.15) is 23.2 Å². The Kier molecular flexibility index (Phi) is 5.72. The summed E-state index contributed by atoms with van der Waals surface area (Å²) in [7, 11) is 3.01. The van der Waals surface area contributed by atoms with Gasteiger partial charge in [0.2, 0.25) is 5.91 Å². The van der Waals surface area contributed by atoms with Gasteiger partial charge in [-0.1, -0.05) is 6.07 Å². The Balaban J connectivity index is 1.81. The molecule has 26 heavy (non-hydrogen) atoms. The first kappa shape index (κ1) is 18.2. The van der Waals surface area contributed by atoms with Crippen LogP contribution in [0, 0.1) is 5.92 Å². The number of carbonyl (C=O) groups is 2. The van der Waals surface area contributed by atoms with E-state index >= 15 is 0 Å². The molecule has 0 saturated heterocycles. The van der Waals surface area contributed by atoms with E-state index in [1.807, 2.05) is 0 Å². The van der Waals surface area contributed by atoms with Gasteiger partial charge < -0.3 is 19.7 Å². The molecule has 0 atom stereocenters. The van der Waals surface area contributed by atoms with E-state index in [1.165, 1.54) is 25.6 Å². The minimum atomic E-state index is -0.277. The molecular formula is C18H21N3O4S. The molecule has 2 amide bonds. The molecule has 2 aromatic rings. The SMILES string of the molecule is COc1cccc(OC)c1C(=O)N(CC(=O)Nc1nccs1)CC1CC1. The highest BCUT2D eigenvalue weighted by Gasteiger charge is 2.31. The van der Waals surface area contributed by atoms with Crippen LogP contribution in [0.4, 0.5) is 5.13 Å². The molecule has 7 nitrogen and oxygen atoms in total. The second kappa shape index (κ2) is 8.18. The van der Waals surface area contributed by atoms with Crippen LogP contribution < -0.4 is 14.8 Å². The zero-order valence-electron chi connectivity index (χ0n) is 14.7. The molecule has 1 N–H and O–H groups in total. The Morgan fingerprint density at radius 3 is 2.50 bits per heavy atom. The maximum atomic E-state index is 13.2. The molecule has 0 spiro atoms. The van der Waals surface area contributed by atoms with Crippen molar-refractivity contribution in [2.24, 2.45) is 5.92 Å². The molecule has 1 aliphatic carbocycles. The van der Waals surface area contributed by atoms with Crippen molar-refractivity contribution >= 4 is 28.3 Å². The monoisotopic (exact) mass is 375 g/mol. The highest BCUT2D eigenvalue weighted by atomic mass is 32.1. The predicted molar refractivity (Wildman–Crippen MR) is 98.9 cm³/mol. The summed E-state index contributed by atoms with van der Waals surface area (Å²) in [6.45, 7) is 0.488. The van der Waals surface area contributed by atoms with E-state index in [2.05, 4.69) is 10.3 Å². The summed E-state index contributed by atoms with van der Waals surface area (Å²) in [6.07, 6.45) is 3.76. The lowest BCUT2D eigenvalue weighted by Crippen LogP contribution is -2.39. The minimum Gasteiger partial charge on any atom is -0.496 e. The summed E-state index contributed by atoms with van der Waals surface area (Å²) in [4.78, 5) is 31.1. The first-order valence-corrected chi connectivity index (χ1v) is 9.20. The number of nitrogens with one attached hydrogen (secondary N) is 1. The van der Waals surface area contributed by atoms with Gasteiger partial charge in [0.05, 0.1) is 14.2 Å². The van der Waals surface area contributed by atoms with E-state index in [9.17, 15) is 9.59 Å². The van der Waals surface area contributed by atoms with E-state index in [0.29, 0.717) is 34.7 Å². The number of anilines is 1. The molecule has 8 heteroatoms. The number of nitrogens with zero attached hydrogens (tertiary/aromatic N) is 2. The summed E-state index contributed by atoms with van der Waals surface area (Å²) < 4.78 is 10.7. The van der Waals surface area contributed by atoms with Crippen LogP contribution in [0.3, 0.4) is 0 Å². The summed E-state index contributed by atoms with van der Waals surface area (Å²) in [6, 6.07) is 5.18. The number of thiazole rings is 1. The van der Waals surface area contributed by atoms with Crippen molar-refractivity contribution in [1.29, 1.82) is 0 Å². The lowest BCUT2D eigenvalue weighted by atomic mass is 10.1. The Labute approximate surface area is 155 Å². The second-order valence-electron chi connectivity index (χ2n) is 6.05. The number of benzene rings is 1. The summed E-state index contributed by atoms with van der Waals surface area (Å²) >= 11 is 1.34. The van der Waals surface area contributed by atoms with E-state index in [-0.39, 0.29) is 18.4 Å². The number of methoxy groups -OCH3 is 2. The third kappa shape index (κ3) is 4.32. The third-order valence-electron chi connectivity index (χ3n) is 4.12. The zero-order chi connectivity index (χ0) is 18.5. The molecule has 0 aliphatic heterocycles. The van der Waals surface area contributed by atoms with Crippen LogP contribution in [0.5, 0.6) is 11.5 Å². The Morgan fingerprint density at radius 1 is 1.27 bits per heavy atom. The number of rotatable bonds is 8. The average Bonchev–Trinajstić information content (AvgIpc) is 3.33. The largest absolute Gasteiger partial charge is 0.496 e. The Bertz CT molecular complexity index is 752. The topological polar surface area (TPSA) is 80.8 Å². The van der Waals surface area contributed by atoms with Crippen LogP contribution >= 0.6 is 11.3 Å². The van der Waals surface area contributed by atoms with Crippen molar-refractivity contribution in [3.05, 3.63) is 35.3 Å². The quantitative estimate of drug-likeness (QED) is 0.767. The maximum absolute atomic E-state index is 13.2. The minimum absolute atomic E-state index is 0.0455. The Hall–Kier alpha value is -2.61. The van der Waals surface area contributed by atoms with Crippen LogP contribution in [-0.4, -0.2) is 49.0 Å². The highest BCUT2D eigenvalue weighted by Crippen LogP contribution is 2.33. The Morgan fingerprint density at radius 2 is 1.96 bits per heavy atom. The van der Waals surface area contributed by atoms with Crippen LogP contribution in [0.2, 0.25) is 0 Å². The maximum Gasteiger partial charge on any atom is 0.261 e. The molecular weight excluding hydrogens is 354 g/mol. The molecule has 0 bridgehead atoms. The molecule has 1 aliphatic rings. The van der Waals surface area contributed by atoms with E-state index in [0.717, 1.165) is 12.8 Å². The number of carbonyl (C=O) groups excluding carboxylic acids is 2. The molecule has 1 fully saturated rings. The summed E-state index contributed by atoms with van der Waals surface area (Å²) in [5.74, 6) is 0.738. The fourth-order valence-electron chi connectivity index (χ4n) is 2.67. The van der Waals surface area contributed by atoms with Gasteiger partial charge in [0.25, 0.3) is 5.91 Å². The predicted octanol–water partition coefficient (Wildman–Crippen LogP) is 2.65. The van der Waals surface area contributed by atoms with Gasteiger partial charge in [-0.15, -0.1) is 11.3 Å². The van der Waals surface area contributed by atoms with Crippen molar-refractivity contribution in [3.63, 3.8) is 0 Å². The molecule has 1 saturated carbocycles. The van der Waals surface area contributed by atoms with Gasteiger partial charge in [0.15, 0.2) is 5.13 Å². The van der Waals surface area contributed by atoms with Gasteiger partial charge in [-0.2, -0.15) is 0 Å². The van der Waals surface area contributed by atoms with Crippen LogP contribution in [0.15, 0.2) is 29.8 Å². The first-order valence-electron chi connectivity index (χ1n) is 8.32. The first-order chi connectivity index (χ1) is 12.6. The van der Waals surface area contributed by atoms with Gasteiger partial charge in [-0.25, -0.2) is 4.98 Å². The molecule has 0 unspecified atom stereocenters. The number of ether oxygens (including phenoxy) is 2. The van der Waals surface area contributed by atoms with Gasteiger partial charge in [0, 0.05) is 18.1 Å². The highest BCUT2D eigenvalue weighted by molar-refractivity contribution is 7.13. The fourth-order valence-corrected chi connectivity index (χ4v) is 3.21. The fraction of sp³-hybridized carbons (Fsp3) is 0.389. The lowest BCUT2D eigenvalue weighted by Gasteiger charge is -2.24. The number of hydrogen-bond donors (Lipinski definition) is 1.